The third-order valence-electron chi connectivity index (χ3n) is 4.42. The van der Waals surface area contributed by atoms with Gasteiger partial charge in [0.1, 0.15) is 0 Å². The number of esters is 1. The summed E-state index contributed by atoms with van der Waals surface area (Å²) in [6, 6.07) is 5.21. The van der Waals surface area contributed by atoms with Crippen LogP contribution in [0.2, 0.25) is 0 Å². The molecule has 2 amide bonds. The monoisotopic (exact) mass is 346 g/mol. The van der Waals surface area contributed by atoms with Crippen molar-refractivity contribution in [2.45, 2.75) is 58.0 Å². The fraction of sp³-hybridized carbons (Fsp3) is 0.526. The molecule has 6 heteroatoms. The van der Waals surface area contributed by atoms with E-state index >= 15 is 0 Å². The first-order valence-corrected chi connectivity index (χ1v) is 8.86. The normalized spacial score (nSPS) is 13.8. The lowest BCUT2D eigenvalue weighted by Crippen LogP contribution is -2.30. The summed E-state index contributed by atoms with van der Waals surface area (Å²) in [7, 11) is 0. The van der Waals surface area contributed by atoms with Crippen LogP contribution in [0.4, 0.5) is 4.79 Å². The molecule has 0 aliphatic heterocycles. The molecular weight excluding hydrogens is 320 g/mol. The first kappa shape index (κ1) is 19.0. The van der Waals surface area contributed by atoms with Gasteiger partial charge in [0.2, 0.25) is 5.78 Å². The molecule has 136 valence electrons. The number of hydrogen-bond donors (Lipinski definition) is 2. The van der Waals surface area contributed by atoms with Crippen LogP contribution in [-0.4, -0.2) is 30.4 Å². The van der Waals surface area contributed by atoms with Gasteiger partial charge in [-0.2, -0.15) is 0 Å². The summed E-state index contributed by atoms with van der Waals surface area (Å²) in [4.78, 5) is 34.8. The third kappa shape index (κ3) is 5.89. The number of hydrogen-bond acceptors (Lipinski definition) is 4. The standard InChI is InChI=1S/C19H26N2O4/c1-13(25-17(22)8-3-2-4-11-21-19(20)24)18(23)16-10-9-14-6-5-7-15(14)12-16/h9-10,12-13H,2-8,11H2,1H3,(H3,20,21,24)/t13-/m0/s1. The lowest BCUT2D eigenvalue weighted by atomic mass is 10.0. The predicted molar refractivity (Wildman–Crippen MR) is 94.4 cm³/mol. The number of nitrogens with one attached hydrogen (secondary N) is 1. The van der Waals surface area contributed by atoms with Crippen LogP contribution in [0.5, 0.6) is 0 Å². The van der Waals surface area contributed by atoms with Crippen molar-refractivity contribution in [2.75, 3.05) is 6.54 Å². The number of fused-ring (bicyclic) bond motifs is 1. The van der Waals surface area contributed by atoms with Crippen molar-refractivity contribution in [3.05, 3.63) is 34.9 Å². The molecule has 0 spiro atoms. The zero-order valence-corrected chi connectivity index (χ0v) is 14.7. The molecule has 25 heavy (non-hydrogen) atoms. The van der Waals surface area contributed by atoms with Crippen molar-refractivity contribution in [2.24, 2.45) is 5.73 Å². The number of ether oxygens (including phenoxy) is 1. The molecule has 1 aromatic rings. The Morgan fingerprint density at radius 1 is 1.16 bits per heavy atom. The average Bonchev–Trinajstić information content (AvgIpc) is 3.04. The topological polar surface area (TPSA) is 98.5 Å². The molecular formula is C19H26N2O4. The van der Waals surface area contributed by atoms with Crippen LogP contribution >= 0.6 is 0 Å². The number of unbranched alkanes of at least 4 members (excludes halogenated alkanes) is 2. The second-order valence-corrected chi connectivity index (χ2v) is 6.44. The van der Waals surface area contributed by atoms with E-state index in [0.29, 0.717) is 18.5 Å². The summed E-state index contributed by atoms with van der Waals surface area (Å²) in [6.07, 6.45) is 4.88. The van der Waals surface area contributed by atoms with Crippen LogP contribution in [0.3, 0.4) is 0 Å². The quantitative estimate of drug-likeness (QED) is 0.408. The number of nitrogens with two attached hydrogens (primary N) is 1. The van der Waals surface area contributed by atoms with Gasteiger partial charge in [0.25, 0.3) is 0 Å². The van der Waals surface area contributed by atoms with E-state index in [1.165, 1.54) is 11.1 Å². The number of benzene rings is 1. The Labute approximate surface area is 148 Å². The Kier molecular flexibility index (Phi) is 6.98. The molecule has 0 saturated carbocycles. The number of aryl methyl sites for hydroxylation is 2. The Morgan fingerprint density at radius 2 is 1.92 bits per heavy atom. The largest absolute Gasteiger partial charge is 0.454 e. The summed E-state index contributed by atoms with van der Waals surface area (Å²) in [5, 5.41) is 2.49. The van der Waals surface area contributed by atoms with E-state index in [4.69, 9.17) is 10.5 Å². The van der Waals surface area contributed by atoms with Crippen LogP contribution in [0, 0.1) is 0 Å². The molecule has 0 fully saturated rings. The van der Waals surface area contributed by atoms with Gasteiger partial charge in [-0.25, -0.2) is 4.79 Å². The first-order chi connectivity index (χ1) is 12.0. The molecule has 0 unspecified atom stereocenters. The second kappa shape index (κ2) is 9.20. The first-order valence-electron chi connectivity index (χ1n) is 8.86. The number of amides is 2. The van der Waals surface area contributed by atoms with E-state index in [9.17, 15) is 14.4 Å². The third-order valence-corrected chi connectivity index (χ3v) is 4.42. The van der Waals surface area contributed by atoms with Gasteiger partial charge in [-0.15, -0.1) is 0 Å². The molecule has 0 radical (unpaired) electrons. The Bertz CT molecular complexity index is 642. The smallest absolute Gasteiger partial charge is 0.312 e. The van der Waals surface area contributed by atoms with Gasteiger partial charge in [0, 0.05) is 18.5 Å². The zero-order valence-electron chi connectivity index (χ0n) is 14.7. The molecule has 1 aliphatic carbocycles. The Balaban J connectivity index is 1.71. The van der Waals surface area contributed by atoms with Gasteiger partial charge in [-0.05, 0) is 56.2 Å². The maximum absolute atomic E-state index is 12.4. The lowest BCUT2D eigenvalue weighted by Gasteiger charge is -2.13. The summed E-state index contributed by atoms with van der Waals surface area (Å²) >= 11 is 0. The van der Waals surface area contributed by atoms with E-state index in [-0.39, 0.29) is 18.2 Å². The zero-order chi connectivity index (χ0) is 18.2. The van der Waals surface area contributed by atoms with Gasteiger partial charge in [0.15, 0.2) is 6.10 Å². The fourth-order valence-corrected chi connectivity index (χ4v) is 3.05. The molecule has 0 heterocycles. The number of primary amides is 1. The Morgan fingerprint density at radius 3 is 2.68 bits per heavy atom. The lowest BCUT2D eigenvalue weighted by molar-refractivity contribution is -0.146. The molecule has 0 aromatic heterocycles. The minimum absolute atomic E-state index is 0.159. The van der Waals surface area contributed by atoms with Crippen LogP contribution in [-0.2, 0) is 22.4 Å². The highest BCUT2D eigenvalue weighted by Crippen LogP contribution is 2.23. The Hall–Kier alpha value is -2.37. The summed E-state index contributed by atoms with van der Waals surface area (Å²) in [5.74, 6) is -0.529. The highest BCUT2D eigenvalue weighted by molar-refractivity contribution is 6.00. The van der Waals surface area contributed by atoms with Crippen molar-refractivity contribution >= 4 is 17.8 Å². The van der Waals surface area contributed by atoms with E-state index in [0.717, 1.165) is 32.1 Å². The van der Waals surface area contributed by atoms with Gasteiger partial charge in [0.05, 0.1) is 0 Å². The SMILES string of the molecule is C[C@H](OC(=O)CCCCCNC(N)=O)C(=O)c1ccc2c(c1)CCC2. The second-order valence-electron chi connectivity index (χ2n) is 6.44. The number of carbonyl (C=O) groups excluding carboxylic acids is 3. The van der Waals surface area contributed by atoms with E-state index in [2.05, 4.69) is 5.32 Å². The molecule has 1 aliphatic rings. The highest BCUT2D eigenvalue weighted by Gasteiger charge is 2.21. The number of urea groups is 1. The molecule has 1 aromatic carbocycles. The molecule has 2 rings (SSSR count). The van der Waals surface area contributed by atoms with E-state index < -0.39 is 12.1 Å². The van der Waals surface area contributed by atoms with Crippen molar-refractivity contribution in [1.29, 1.82) is 0 Å². The van der Waals surface area contributed by atoms with E-state index in [1.807, 2.05) is 18.2 Å². The molecule has 3 N–H and O–H groups in total. The molecule has 0 saturated heterocycles. The summed E-state index contributed by atoms with van der Waals surface area (Å²) in [5.41, 5.74) is 8.11. The van der Waals surface area contributed by atoms with Crippen molar-refractivity contribution in [3.63, 3.8) is 0 Å². The number of carbonyl (C=O) groups is 3. The maximum Gasteiger partial charge on any atom is 0.312 e. The number of rotatable bonds is 9. The molecule has 0 bridgehead atoms. The van der Waals surface area contributed by atoms with Crippen LogP contribution < -0.4 is 11.1 Å². The summed E-state index contributed by atoms with van der Waals surface area (Å²) < 4.78 is 5.25. The fourth-order valence-electron chi connectivity index (χ4n) is 3.05. The van der Waals surface area contributed by atoms with Crippen LogP contribution in [0.25, 0.3) is 0 Å². The summed E-state index contributed by atoms with van der Waals surface area (Å²) in [6.45, 7) is 2.11. The number of ketones is 1. The van der Waals surface area contributed by atoms with Gasteiger partial charge >= 0.3 is 12.0 Å². The van der Waals surface area contributed by atoms with Crippen molar-refractivity contribution in [1.82, 2.24) is 5.32 Å². The average molecular weight is 346 g/mol. The predicted octanol–water partition coefficient (Wildman–Crippen LogP) is 2.52. The van der Waals surface area contributed by atoms with Crippen molar-refractivity contribution in [3.8, 4) is 0 Å². The van der Waals surface area contributed by atoms with Gasteiger partial charge in [-0.3, -0.25) is 9.59 Å². The maximum atomic E-state index is 12.4. The molecule has 1 atom stereocenters. The van der Waals surface area contributed by atoms with Crippen LogP contribution in [0.15, 0.2) is 18.2 Å². The van der Waals surface area contributed by atoms with Crippen molar-refractivity contribution < 1.29 is 19.1 Å². The van der Waals surface area contributed by atoms with Gasteiger partial charge < -0.3 is 15.8 Å². The minimum atomic E-state index is -0.775. The van der Waals surface area contributed by atoms with Crippen LogP contribution in [0.1, 0.15) is 60.5 Å². The van der Waals surface area contributed by atoms with E-state index in [1.54, 1.807) is 6.92 Å². The minimum Gasteiger partial charge on any atom is -0.454 e. The number of Topliss-reactive ketones (excluding diaryl/α,β-unsaturated/α-hetero) is 1. The van der Waals surface area contributed by atoms with Gasteiger partial charge in [-0.1, -0.05) is 18.6 Å². The highest BCUT2D eigenvalue weighted by atomic mass is 16.5. The molecule has 6 nitrogen and oxygen atoms in total.